The van der Waals surface area contributed by atoms with Crippen molar-refractivity contribution < 1.29 is 18.4 Å². The van der Waals surface area contributed by atoms with Crippen molar-refractivity contribution in [3.8, 4) is 0 Å². The van der Waals surface area contributed by atoms with Crippen LogP contribution in [0.15, 0.2) is 45.8 Å². The molecule has 1 atom stereocenters. The minimum atomic E-state index is -0.203. The number of fused-ring (bicyclic) bond motifs is 1. The summed E-state index contributed by atoms with van der Waals surface area (Å²) in [5.41, 5.74) is 1.50. The van der Waals surface area contributed by atoms with Crippen molar-refractivity contribution in [3.63, 3.8) is 0 Å². The van der Waals surface area contributed by atoms with Crippen LogP contribution >= 0.6 is 0 Å². The van der Waals surface area contributed by atoms with E-state index in [0.717, 1.165) is 11.4 Å². The van der Waals surface area contributed by atoms with E-state index >= 15 is 0 Å². The van der Waals surface area contributed by atoms with Crippen LogP contribution in [0.2, 0.25) is 0 Å². The Bertz CT molecular complexity index is 986. The summed E-state index contributed by atoms with van der Waals surface area (Å²) in [7, 11) is 0. The molecule has 0 aliphatic carbocycles. The van der Waals surface area contributed by atoms with E-state index in [1.807, 2.05) is 30.7 Å². The quantitative estimate of drug-likeness (QED) is 0.732. The highest BCUT2D eigenvalue weighted by Crippen LogP contribution is 2.27. The third-order valence-electron chi connectivity index (χ3n) is 4.98. The van der Waals surface area contributed by atoms with Crippen molar-refractivity contribution in [3.05, 3.63) is 65.5 Å². The van der Waals surface area contributed by atoms with Crippen LogP contribution in [0, 0.1) is 6.92 Å². The van der Waals surface area contributed by atoms with Crippen LogP contribution in [-0.2, 0) is 24.3 Å². The number of imidazole rings is 1. The van der Waals surface area contributed by atoms with Gasteiger partial charge in [0.2, 0.25) is 5.91 Å². The van der Waals surface area contributed by atoms with Crippen LogP contribution in [0.4, 0.5) is 0 Å². The summed E-state index contributed by atoms with van der Waals surface area (Å²) in [5.74, 6) is 1.58. The average Bonchev–Trinajstić information content (AvgIpc) is 3.40. The van der Waals surface area contributed by atoms with Crippen molar-refractivity contribution in [2.45, 2.75) is 39.4 Å². The van der Waals surface area contributed by atoms with Crippen LogP contribution in [-0.4, -0.2) is 32.8 Å². The summed E-state index contributed by atoms with van der Waals surface area (Å²) in [6, 6.07) is 5.17. The molecule has 2 amide bonds. The second kappa shape index (κ2) is 7.38. The molecule has 0 radical (unpaired) electrons. The number of aryl methyl sites for hydroxylation is 1. The minimum absolute atomic E-state index is 0.126. The molecule has 0 saturated heterocycles. The highest BCUT2D eigenvalue weighted by atomic mass is 16.3. The van der Waals surface area contributed by atoms with Crippen molar-refractivity contribution in [1.29, 1.82) is 0 Å². The number of aromatic nitrogens is 2. The largest absolute Gasteiger partial charge is 0.467 e. The van der Waals surface area contributed by atoms with Gasteiger partial charge in [-0.3, -0.25) is 9.59 Å². The van der Waals surface area contributed by atoms with E-state index in [4.69, 9.17) is 8.83 Å². The third kappa shape index (κ3) is 3.45. The fourth-order valence-electron chi connectivity index (χ4n) is 3.46. The topological polar surface area (TPSA) is 93.5 Å². The highest BCUT2D eigenvalue weighted by Gasteiger charge is 2.32. The van der Waals surface area contributed by atoms with Crippen molar-refractivity contribution in [1.82, 2.24) is 19.8 Å². The van der Waals surface area contributed by atoms with Crippen molar-refractivity contribution in [2.24, 2.45) is 0 Å². The van der Waals surface area contributed by atoms with Gasteiger partial charge in [-0.25, -0.2) is 4.98 Å². The van der Waals surface area contributed by atoms with Crippen LogP contribution in [0.5, 0.6) is 0 Å². The summed E-state index contributed by atoms with van der Waals surface area (Å²) in [4.78, 5) is 31.4. The summed E-state index contributed by atoms with van der Waals surface area (Å²) >= 11 is 0. The molecule has 0 saturated carbocycles. The zero-order valence-corrected chi connectivity index (χ0v) is 15.8. The Morgan fingerprint density at radius 1 is 1.25 bits per heavy atom. The van der Waals surface area contributed by atoms with Gasteiger partial charge in [0.05, 0.1) is 37.2 Å². The monoisotopic (exact) mass is 382 g/mol. The van der Waals surface area contributed by atoms with Crippen molar-refractivity contribution >= 4 is 11.8 Å². The predicted octanol–water partition coefficient (Wildman–Crippen LogP) is 2.45. The molecule has 8 nitrogen and oxygen atoms in total. The second-order valence-corrected chi connectivity index (χ2v) is 6.92. The summed E-state index contributed by atoms with van der Waals surface area (Å²) in [6.45, 7) is 5.33. The Balaban J connectivity index is 1.43. The van der Waals surface area contributed by atoms with E-state index in [1.165, 1.54) is 6.26 Å². The number of nitrogens with zero attached hydrogens (tertiary/aromatic N) is 3. The first kappa shape index (κ1) is 18.1. The van der Waals surface area contributed by atoms with E-state index in [0.29, 0.717) is 36.8 Å². The van der Waals surface area contributed by atoms with E-state index in [-0.39, 0.29) is 24.3 Å². The fraction of sp³-hybridized carbons (Fsp3) is 0.350. The number of carbonyl (C=O) groups excluding carboxylic acids is 2. The molecular formula is C20H22N4O4. The zero-order valence-electron chi connectivity index (χ0n) is 15.8. The Kier molecular flexibility index (Phi) is 4.77. The maximum atomic E-state index is 12.8. The molecule has 1 N–H and O–H groups in total. The molecule has 0 unspecified atom stereocenters. The third-order valence-corrected chi connectivity index (χ3v) is 4.98. The molecule has 0 bridgehead atoms. The number of rotatable bonds is 5. The Morgan fingerprint density at radius 3 is 2.82 bits per heavy atom. The van der Waals surface area contributed by atoms with E-state index < -0.39 is 0 Å². The van der Waals surface area contributed by atoms with Gasteiger partial charge in [0.1, 0.15) is 11.6 Å². The Labute approximate surface area is 162 Å². The highest BCUT2D eigenvalue weighted by molar-refractivity contribution is 5.93. The lowest BCUT2D eigenvalue weighted by atomic mass is 10.1. The number of nitrogens with one attached hydrogen (secondary N) is 1. The van der Waals surface area contributed by atoms with Gasteiger partial charge < -0.3 is 23.6 Å². The minimum Gasteiger partial charge on any atom is -0.467 e. The molecule has 0 aromatic carbocycles. The molecule has 4 heterocycles. The summed E-state index contributed by atoms with van der Waals surface area (Å²) in [6.07, 6.45) is 5.16. The summed E-state index contributed by atoms with van der Waals surface area (Å²) in [5, 5.41) is 2.82. The van der Waals surface area contributed by atoms with Gasteiger partial charge in [0, 0.05) is 24.8 Å². The zero-order chi connectivity index (χ0) is 19.7. The van der Waals surface area contributed by atoms with Crippen LogP contribution in [0.25, 0.3) is 0 Å². The van der Waals surface area contributed by atoms with Crippen LogP contribution < -0.4 is 5.32 Å². The Hall–Kier alpha value is -3.29. The van der Waals surface area contributed by atoms with Gasteiger partial charge in [-0.2, -0.15) is 0 Å². The number of carbonyl (C=O) groups is 2. The molecule has 28 heavy (non-hydrogen) atoms. The van der Waals surface area contributed by atoms with Gasteiger partial charge in [-0.05, 0) is 32.0 Å². The first-order valence-electron chi connectivity index (χ1n) is 9.23. The molecule has 146 valence electrons. The molecule has 1 aliphatic heterocycles. The lowest BCUT2D eigenvalue weighted by molar-refractivity contribution is -0.120. The van der Waals surface area contributed by atoms with Gasteiger partial charge in [0.15, 0.2) is 5.76 Å². The van der Waals surface area contributed by atoms with E-state index in [1.54, 1.807) is 23.3 Å². The predicted molar refractivity (Wildman–Crippen MR) is 99.4 cm³/mol. The second-order valence-electron chi connectivity index (χ2n) is 6.92. The smallest absolute Gasteiger partial charge is 0.290 e. The molecule has 4 rings (SSSR count). The average molecular weight is 382 g/mol. The number of hydrogen-bond acceptors (Lipinski definition) is 5. The van der Waals surface area contributed by atoms with Gasteiger partial charge in [0.25, 0.3) is 5.91 Å². The first-order valence-corrected chi connectivity index (χ1v) is 9.23. The Morgan fingerprint density at radius 2 is 2.11 bits per heavy atom. The molecule has 3 aromatic rings. The van der Waals surface area contributed by atoms with Crippen LogP contribution in [0.1, 0.15) is 46.4 Å². The molecule has 3 aromatic heterocycles. The number of furan rings is 2. The first-order chi connectivity index (χ1) is 13.5. The molecule has 0 fully saturated rings. The van der Waals surface area contributed by atoms with Crippen molar-refractivity contribution in [2.75, 3.05) is 6.54 Å². The molecule has 0 spiro atoms. The van der Waals surface area contributed by atoms with Gasteiger partial charge in [-0.1, -0.05) is 0 Å². The number of amides is 2. The lowest BCUT2D eigenvalue weighted by Crippen LogP contribution is -2.41. The maximum Gasteiger partial charge on any atom is 0.290 e. The standard InChI is InChI=1S/C20H22N4O4/c1-13-5-9-28-18(13)20(26)24-7-6-23-12-15(22-19(23)14(24)2)10-17(25)21-11-16-4-3-8-27-16/h3-5,8-9,12,14H,6-7,10-11H2,1-2H3,(H,21,25)/t14-/m1/s1. The maximum absolute atomic E-state index is 12.8. The molecule has 1 aliphatic rings. The SMILES string of the molecule is Cc1ccoc1C(=O)N1CCn2cc(CC(=O)NCc3ccco3)nc2[C@H]1C. The number of hydrogen-bond donors (Lipinski definition) is 1. The van der Waals surface area contributed by atoms with E-state index in [2.05, 4.69) is 10.3 Å². The molecule has 8 heteroatoms. The molecular weight excluding hydrogens is 360 g/mol. The van der Waals surface area contributed by atoms with Crippen LogP contribution in [0.3, 0.4) is 0 Å². The van der Waals surface area contributed by atoms with Gasteiger partial charge >= 0.3 is 0 Å². The fourth-order valence-corrected chi connectivity index (χ4v) is 3.46. The normalized spacial score (nSPS) is 16.1. The summed E-state index contributed by atoms with van der Waals surface area (Å²) < 4.78 is 12.6. The lowest BCUT2D eigenvalue weighted by Gasteiger charge is -2.33. The van der Waals surface area contributed by atoms with E-state index in [9.17, 15) is 9.59 Å². The van der Waals surface area contributed by atoms with Gasteiger partial charge in [-0.15, -0.1) is 0 Å².